The van der Waals surface area contributed by atoms with Crippen LogP contribution in [0.3, 0.4) is 0 Å². The summed E-state index contributed by atoms with van der Waals surface area (Å²) in [5.74, 6) is -0.530. The van der Waals surface area contributed by atoms with Gasteiger partial charge in [0.1, 0.15) is 0 Å². The molecule has 0 spiro atoms. The van der Waals surface area contributed by atoms with Crippen molar-refractivity contribution in [2.24, 2.45) is 0 Å². The standard InChI is InChI=1S/C9H15F3N2O2/c1-2-3-13-8(16)6-14(4-5-15)7-9(10,11)12/h2,15H,1,3-7H2,(H,13,16). The molecular weight excluding hydrogens is 225 g/mol. The van der Waals surface area contributed by atoms with Crippen molar-refractivity contribution in [3.05, 3.63) is 12.7 Å². The number of carbonyl (C=O) groups is 1. The van der Waals surface area contributed by atoms with Crippen LogP contribution in [0.5, 0.6) is 0 Å². The summed E-state index contributed by atoms with van der Waals surface area (Å²) >= 11 is 0. The van der Waals surface area contributed by atoms with Gasteiger partial charge in [-0.05, 0) is 0 Å². The Bertz CT molecular complexity index is 231. The lowest BCUT2D eigenvalue weighted by atomic mass is 10.4. The number of aliphatic hydroxyl groups is 1. The summed E-state index contributed by atoms with van der Waals surface area (Å²) in [7, 11) is 0. The van der Waals surface area contributed by atoms with Gasteiger partial charge in [-0.2, -0.15) is 13.2 Å². The van der Waals surface area contributed by atoms with E-state index in [2.05, 4.69) is 11.9 Å². The molecule has 0 aromatic carbocycles. The molecule has 2 N–H and O–H groups in total. The van der Waals surface area contributed by atoms with E-state index in [-0.39, 0.29) is 13.1 Å². The molecule has 0 aromatic heterocycles. The smallest absolute Gasteiger partial charge is 0.395 e. The summed E-state index contributed by atoms with van der Waals surface area (Å²) in [4.78, 5) is 12.0. The minimum Gasteiger partial charge on any atom is -0.395 e. The third-order valence-electron chi connectivity index (χ3n) is 1.63. The van der Waals surface area contributed by atoms with Gasteiger partial charge in [-0.15, -0.1) is 6.58 Å². The van der Waals surface area contributed by atoms with Crippen LogP contribution in [-0.4, -0.2) is 54.9 Å². The van der Waals surface area contributed by atoms with Crippen molar-refractivity contribution in [1.29, 1.82) is 0 Å². The van der Waals surface area contributed by atoms with Gasteiger partial charge >= 0.3 is 6.18 Å². The van der Waals surface area contributed by atoms with E-state index < -0.39 is 31.8 Å². The summed E-state index contributed by atoms with van der Waals surface area (Å²) < 4.78 is 36.2. The summed E-state index contributed by atoms with van der Waals surface area (Å²) in [6.07, 6.45) is -2.95. The van der Waals surface area contributed by atoms with E-state index in [0.717, 1.165) is 4.90 Å². The number of rotatable bonds is 7. The van der Waals surface area contributed by atoms with Crippen molar-refractivity contribution in [3.63, 3.8) is 0 Å². The number of halogens is 3. The number of amides is 1. The van der Waals surface area contributed by atoms with E-state index in [0.29, 0.717) is 0 Å². The van der Waals surface area contributed by atoms with E-state index >= 15 is 0 Å². The molecule has 0 unspecified atom stereocenters. The van der Waals surface area contributed by atoms with Crippen LogP contribution in [0.2, 0.25) is 0 Å². The van der Waals surface area contributed by atoms with Gasteiger partial charge in [-0.1, -0.05) is 6.08 Å². The van der Waals surface area contributed by atoms with Gasteiger partial charge in [0, 0.05) is 13.1 Å². The minimum absolute atomic E-state index is 0.193. The van der Waals surface area contributed by atoms with Crippen molar-refractivity contribution >= 4 is 5.91 Å². The lowest BCUT2D eigenvalue weighted by molar-refractivity contribution is -0.149. The van der Waals surface area contributed by atoms with Crippen LogP contribution in [0, 0.1) is 0 Å². The van der Waals surface area contributed by atoms with E-state index in [1.807, 2.05) is 0 Å². The van der Waals surface area contributed by atoms with Gasteiger partial charge in [0.05, 0.1) is 19.7 Å². The predicted octanol–water partition coefficient (Wildman–Crippen LogP) is 0.145. The van der Waals surface area contributed by atoms with Crippen molar-refractivity contribution in [2.45, 2.75) is 6.18 Å². The molecule has 0 aliphatic rings. The Hall–Kier alpha value is -1.08. The molecule has 0 bridgehead atoms. The molecule has 0 radical (unpaired) electrons. The van der Waals surface area contributed by atoms with Gasteiger partial charge < -0.3 is 10.4 Å². The Labute approximate surface area is 91.7 Å². The lowest BCUT2D eigenvalue weighted by Crippen LogP contribution is -2.43. The molecule has 1 amide bonds. The molecule has 0 aliphatic heterocycles. The third kappa shape index (κ3) is 8.25. The summed E-state index contributed by atoms with van der Waals surface area (Å²) in [5, 5.41) is 10.9. The fraction of sp³-hybridized carbons (Fsp3) is 0.667. The summed E-state index contributed by atoms with van der Waals surface area (Å²) in [6.45, 7) is 1.34. The van der Waals surface area contributed by atoms with Crippen molar-refractivity contribution in [2.75, 3.05) is 32.8 Å². The quantitative estimate of drug-likeness (QED) is 0.623. The van der Waals surface area contributed by atoms with E-state index in [9.17, 15) is 18.0 Å². The molecule has 0 aliphatic carbocycles. The van der Waals surface area contributed by atoms with Gasteiger partial charge in [0.25, 0.3) is 0 Å². The Morgan fingerprint density at radius 3 is 2.56 bits per heavy atom. The van der Waals surface area contributed by atoms with Gasteiger partial charge in [0.15, 0.2) is 0 Å². The summed E-state index contributed by atoms with van der Waals surface area (Å²) in [5.41, 5.74) is 0. The van der Waals surface area contributed by atoms with Crippen LogP contribution in [-0.2, 0) is 4.79 Å². The first-order chi connectivity index (χ1) is 7.39. The Kier molecular flexibility index (Phi) is 6.75. The highest BCUT2D eigenvalue weighted by Crippen LogP contribution is 2.15. The van der Waals surface area contributed by atoms with Crippen LogP contribution in [0.25, 0.3) is 0 Å². The zero-order chi connectivity index (χ0) is 12.6. The van der Waals surface area contributed by atoms with Crippen LogP contribution < -0.4 is 5.32 Å². The number of hydrogen-bond donors (Lipinski definition) is 2. The lowest BCUT2D eigenvalue weighted by Gasteiger charge is -2.21. The van der Waals surface area contributed by atoms with Gasteiger partial charge in [-0.3, -0.25) is 9.69 Å². The predicted molar refractivity (Wildman–Crippen MR) is 52.8 cm³/mol. The number of hydrogen-bond acceptors (Lipinski definition) is 3. The maximum Gasteiger partial charge on any atom is 0.401 e. The van der Waals surface area contributed by atoms with Crippen molar-refractivity contribution < 1.29 is 23.1 Å². The topological polar surface area (TPSA) is 52.6 Å². The largest absolute Gasteiger partial charge is 0.401 e. The first-order valence-electron chi connectivity index (χ1n) is 4.66. The van der Waals surface area contributed by atoms with Gasteiger partial charge in [-0.25, -0.2) is 0 Å². The maximum absolute atomic E-state index is 12.1. The number of alkyl halides is 3. The van der Waals surface area contributed by atoms with E-state index in [1.54, 1.807) is 0 Å². The van der Waals surface area contributed by atoms with Crippen LogP contribution in [0.4, 0.5) is 13.2 Å². The zero-order valence-corrected chi connectivity index (χ0v) is 8.76. The van der Waals surface area contributed by atoms with E-state index in [4.69, 9.17) is 5.11 Å². The average molecular weight is 240 g/mol. The average Bonchev–Trinajstić information content (AvgIpc) is 2.12. The van der Waals surface area contributed by atoms with Crippen LogP contribution >= 0.6 is 0 Å². The maximum atomic E-state index is 12.1. The molecule has 0 rings (SSSR count). The molecule has 0 saturated heterocycles. The molecule has 4 nitrogen and oxygen atoms in total. The molecule has 0 aromatic rings. The molecule has 7 heteroatoms. The molecule has 16 heavy (non-hydrogen) atoms. The first-order valence-corrected chi connectivity index (χ1v) is 4.66. The molecule has 0 saturated carbocycles. The highest BCUT2D eigenvalue weighted by atomic mass is 19.4. The number of nitrogens with one attached hydrogen (secondary N) is 1. The Morgan fingerprint density at radius 2 is 2.12 bits per heavy atom. The van der Waals surface area contributed by atoms with Gasteiger partial charge in [0.2, 0.25) is 5.91 Å². The second kappa shape index (κ2) is 7.24. The first kappa shape index (κ1) is 14.9. The monoisotopic (exact) mass is 240 g/mol. The Balaban J connectivity index is 4.11. The van der Waals surface area contributed by atoms with Crippen molar-refractivity contribution in [1.82, 2.24) is 10.2 Å². The van der Waals surface area contributed by atoms with Crippen LogP contribution in [0.15, 0.2) is 12.7 Å². The Morgan fingerprint density at radius 1 is 1.50 bits per heavy atom. The number of carbonyl (C=O) groups excluding carboxylic acids is 1. The SMILES string of the molecule is C=CCNC(=O)CN(CCO)CC(F)(F)F. The summed E-state index contributed by atoms with van der Waals surface area (Å²) in [6, 6.07) is 0. The second-order valence-electron chi connectivity index (χ2n) is 3.14. The molecule has 94 valence electrons. The normalized spacial score (nSPS) is 11.6. The zero-order valence-electron chi connectivity index (χ0n) is 8.76. The minimum atomic E-state index is -4.38. The molecule has 0 fully saturated rings. The fourth-order valence-corrected chi connectivity index (χ4v) is 1.05. The highest BCUT2D eigenvalue weighted by Gasteiger charge is 2.31. The highest BCUT2D eigenvalue weighted by molar-refractivity contribution is 5.78. The second-order valence-corrected chi connectivity index (χ2v) is 3.14. The van der Waals surface area contributed by atoms with Crippen LogP contribution in [0.1, 0.15) is 0 Å². The fourth-order valence-electron chi connectivity index (χ4n) is 1.05. The third-order valence-corrected chi connectivity index (χ3v) is 1.63. The van der Waals surface area contributed by atoms with Crippen molar-refractivity contribution in [3.8, 4) is 0 Å². The number of nitrogens with zero attached hydrogens (tertiary/aromatic N) is 1. The number of aliphatic hydroxyl groups excluding tert-OH is 1. The molecule has 0 heterocycles. The molecule has 0 atom stereocenters. The molecular formula is C9H15F3N2O2. The van der Waals surface area contributed by atoms with E-state index in [1.165, 1.54) is 6.08 Å².